The minimum absolute atomic E-state index is 0.0229. The van der Waals surface area contributed by atoms with Gasteiger partial charge in [0.1, 0.15) is 5.76 Å². The van der Waals surface area contributed by atoms with Crippen molar-refractivity contribution >= 4 is 0 Å². The van der Waals surface area contributed by atoms with Crippen molar-refractivity contribution in [3.8, 4) is 0 Å². The maximum Gasteiger partial charge on any atom is 0.127 e. The van der Waals surface area contributed by atoms with Crippen molar-refractivity contribution in [1.29, 1.82) is 0 Å². The Labute approximate surface area is 84.8 Å². The lowest BCUT2D eigenvalue weighted by molar-refractivity contribution is 0.474. The summed E-state index contributed by atoms with van der Waals surface area (Å²) in [5, 5.41) is 0. The van der Waals surface area contributed by atoms with Gasteiger partial charge < -0.3 is 10.2 Å². The van der Waals surface area contributed by atoms with Crippen LogP contribution in [0.25, 0.3) is 0 Å². The van der Waals surface area contributed by atoms with Crippen LogP contribution in [0.5, 0.6) is 0 Å². The molecule has 0 spiro atoms. The summed E-state index contributed by atoms with van der Waals surface area (Å²) in [5.74, 6) is 0.929. The zero-order chi connectivity index (χ0) is 9.97. The summed E-state index contributed by atoms with van der Waals surface area (Å²) in [6.07, 6.45) is 8.85. The first kappa shape index (κ1) is 9.53. The molecule has 1 unspecified atom stereocenters. The first-order valence-corrected chi connectivity index (χ1v) is 5.27. The van der Waals surface area contributed by atoms with Crippen LogP contribution in [0.2, 0.25) is 0 Å². The van der Waals surface area contributed by atoms with Gasteiger partial charge >= 0.3 is 0 Å². The van der Waals surface area contributed by atoms with E-state index in [4.69, 9.17) is 10.2 Å². The van der Waals surface area contributed by atoms with E-state index in [-0.39, 0.29) is 6.04 Å². The second-order valence-corrected chi connectivity index (χ2v) is 3.97. The topological polar surface area (TPSA) is 39.2 Å². The normalized spacial score (nSPS) is 19.1. The van der Waals surface area contributed by atoms with Crippen molar-refractivity contribution in [2.45, 2.75) is 38.6 Å². The summed E-state index contributed by atoms with van der Waals surface area (Å²) in [5.41, 5.74) is 8.65. The minimum Gasteiger partial charge on any atom is -0.467 e. The van der Waals surface area contributed by atoms with Crippen molar-refractivity contribution in [2.24, 2.45) is 5.73 Å². The third-order valence-corrected chi connectivity index (χ3v) is 2.91. The summed E-state index contributed by atoms with van der Waals surface area (Å²) in [4.78, 5) is 0. The van der Waals surface area contributed by atoms with Gasteiger partial charge in [-0.15, -0.1) is 0 Å². The molecule has 14 heavy (non-hydrogen) atoms. The second-order valence-electron chi connectivity index (χ2n) is 3.97. The number of hydrogen-bond donors (Lipinski definition) is 1. The third kappa shape index (κ3) is 1.75. The summed E-state index contributed by atoms with van der Waals surface area (Å²) >= 11 is 0. The van der Waals surface area contributed by atoms with Crippen LogP contribution in [0.4, 0.5) is 0 Å². The van der Waals surface area contributed by atoms with Gasteiger partial charge in [-0.25, -0.2) is 0 Å². The molecule has 76 valence electrons. The highest BCUT2D eigenvalue weighted by atomic mass is 16.3. The van der Waals surface area contributed by atoms with Crippen molar-refractivity contribution in [1.82, 2.24) is 0 Å². The molecule has 0 aliphatic heterocycles. The Morgan fingerprint density at radius 2 is 2.29 bits per heavy atom. The average molecular weight is 191 g/mol. The minimum atomic E-state index is -0.0229. The molecule has 0 radical (unpaired) electrons. The molecule has 0 fully saturated rings. The average Bonchev–Trinajstić information content (AvgIpc) is 2.65. The van der Waals surface area contributed by atoms with E-state index in [0.717, 1.165) is 17.7 Å². The molecule has 0 saturated heterocycles. The molecular formula is C12H17NO. The van der Waals surface area contributed by atoms with Crippen LogP contribution in [0.3, 0.4) is 0 Å². The van der Waals surface area contributed by atoms with Crippen LogP contribution in [0.15, 0.2) is 28.4 Å². The van der Waals surface area contributed by atoms with E-state index in [1.54, 1.807) is 6.26 Å². The van der Waals surface area contributed by atoms with E-state index in [2.05, 4.69) is 6.08 Å². The molecule has 0 amide bonds. The molecule has 1 aromatic rings. The zero-order valence-electron chi connectivity index (χ0n) is 8.62. The standard InChI is InChI=1S/C12H17NO/c1-9-7-8-14-12(9)11(13)10-5-3-2-4-6-10/h5,7-8,11H,2-4,6,13H2,1H3. The van der Waals surface area contributed by atoms with Crippen molar-refractivity contribution in [2.75, 3.05) is 0 Å². The molecule has 0 aromatic carbocycles. The molecule has 2 rings (SSSR count). The third-order valence-electron chi connectivity index (χ3n) is 2.91. The van der Waals surface area contributed by atoms with Crippen LogP contribution < -0.4 is 5.73 Å². The monoisotopic (exact) mass is 191 g/mol. The highest BCUT2D eigenvalue weighted by Crippen LogP contribution is 2.29. The maximum absolute atomic E-state index is 6.15. The molecule has 1 aliphatic rings. The first-order chi connectivity index (χ1) is 6.79. The Balaban J connectivity index is 2.19. The number of furan rings is 1. The Hall–Kier alpha value is -1.02. The summed E-state index contributed by atoms with van der Waals surface area (Å²) in [6.45, 7) is 2.04. The van der Waals surface area contributed by atoms with E-state index in [0.29, 0.717) is 0 Å². The number of nitrogens with two attached hydrogens (primary N) is 1. The molecule has 0 bridgehead atoms. The van der Waals surface area contributed by atoms with Gasteiger partial charge in [-0.05, 0) is 49.8 Å². The maximum atomic E-state index is 6.15. The van der Waals surface area contributed by atoms with Crippen LogP contribution in [0, 0.1) is 6.92 Å². The lowest BCUT2D eigenvalue weighted by Gasteiger charge is -2.18. The first-order valence-electron chi connectivity index (χ1n) is 5.27. The molecule has 1 heterocycles. The highest BCUT2D eigenvalue weighted by molar-refractivity contribution is 5.27. The molecule has 0 saturated carbocycles. The predicted octanol–water partition coefficient (Wildman–Crippen LogP) is 3.09. The second kappa shape index (κ2) is 4.01. The number of rotatable bonds is 2. The van der Waals surface area contributed by atoms with E-state index < -0.39 is 0 Å². The molecule has 1 aromatic heterocycles. The van der Waals surface area contributed by atoms with E-state index >= 15 is 0 Å². The fourth-order valence-electron chi connectivity index (χ4n) is 2.02. The van der Waals surface area contributed by atoms with Crippen LogP contribution in [-0.2, 0) is 0 Å². The van der Waals surface area contributed by atoms with Crippen LogP contribution >= 0.6 is 0 Å². The van der Waals surface area contributed by atoms with E-state index in [9.17, 15) is 0 Å². The molecule has 2 N–H and O–H groups in total. The van der Waals surface area contributed by atoms with Gasteiger partial charge in [-0.2, -0.15) is 0 Å². The summed E-state index contributed by atoms with van der Waals surface area (Å²) in [6, 6.07) is 1.95. The molecule has 1 atom stereocenters. The predicted molar refractivity (Wildman–Crippen MR) is 56.9 cm³/mol. The lowest BCUT2D eigenvalue weighted by atomic mass is 9.92. The largest absolute Gasteiger partial charge is 0.467 e. The van der Waals surface area contributed by atoms with Crippen molar-refractivity contribution in [3.63, 3.8) is 0 Å². The van der Waals surface area contributed by atoms with Gasteiger partial charge in [0, 0.05) is 0 Å². The van der Waals surface area contributed by atoms with Crippen LogP contribution in [-0.4, -0.2) is 0 Å². The van der Waals surface area contributed by atoms with E-state index in [1.165, 1.54) is 24.8 Å². The number of aryl methyl sites for hydroxylation is 1. The number of hydrogen-bond acceptors (Lipinski definition) is 2. The fourth-order valence-corrected chi connectivity index (χ4v) is 2.02. The Kier molecular flexibility index (Phi) is 2.73. The molecule has 2 heteroatoms. The van der Waals surface area contributed by atoms with Crippen molar-refractivity contribution in [3.05, 3.63) is 35.3 Å². The van der Waals surface area contributed by atoms with Gasteiger partial charge in [-0.3, -0.25) is 0 Å². The molecular weight excluding hydrogens is 174 g/mol. The fraction of sp³-hybridized carbons (Fsp3) is 0.500. The quantitative estimate of drug-likeness (QED) is 0.729. The van der Waals surface area contributed by atoms with Crippen LogP contribution in [0.1, 0.15) is 43.0 Å². The molecule has 2 nitrogen and oxygen atoms in total. The van der Waals surface area contributed by atoms with Gasteiger partial charge in [0.25, 0.3) is 0 Å². The van der Waals surface area contributed by atoms with Gasteiger partial charge in [0.15, 0.2) is 0 Å². The Bertz CT molecular complexity index is 338. The highest BCUT2D eigenvalue weighted by Gasteiger charge is 2.18. The SMILES string of the molecule is Cc1ccoc1C(N)C1=CCCCC1. The lowest BCUT2D eigenvalue weighted by Crippen LogP contribution is -2.15. The Morgan fingerprint density at radius 3 is 2.86 bits per heavy atom. The smallest absolute Gasteiger partial charge is 0.127 e. The zero-order valence-corrected chi connectivity index (χ0v) is 8.62. The number of allylic oxidation sites excluding steroid dienone is 1. The molecule has 1 aliphatic carbocycles. The van der Waals surface area contributed by atoms with Gasteiger partial charge in [0.2, 0.25) is 0 Å². The summed E-state index contributed by atoms with van der Waals surface area (Å²) < 4.78 is 5.41. The van der Waals surface area contributed by atoms with Gasteiger partial charge in [-0.1, -0.05) is 6.08 Å². The van der Waals surface area contributed by atoms with E-state index in [1.807, 2.05) is 13.0 Å². The van der Waals surface area contributed by atoms with Gasteiger partial charge in [0.05, 0.1) is 12.3 Å². The Morgan fingerprint density at radius 1 is 1.43 bits per heavy atom. The van der Waals surface area contributed by atoms with Crippen molar-refractivity contribution < 1.29 is 4.42 Å². The summed E-state index contributed by atoms with van der Waals surface area (Å²) in [7, 11) is 0.